The van der Waals surface area contributed by atoms with Crippen molar-refractivity contribution in [2.24, 2.45) is 0 Å². The van der Waals surface area contributed by atoms with Gasteiger partial charge >= 0.3 is 6.09 Å². The summed E-state index contributed by atoms with van der Waals surface area (Å²) in [7, 11) is 0. The van der Waals surface area contributed by atoms with Gasteiger partial charge in [-0.15, -0.1) is 0 Å². The highest BCUT2D eigenvalue weighted by Gasteiger charge is 2.33. The molecule has 1 atom stereocenters. The van der Waals surface area contributed by atoms with E-state index in [2.05, 4.69) is 10.6 Å². The fourth-order valence-electron chi connectivity index (χ4n) is 2.99. The highest BCUT2D eigenvalue weighted by molar-refractivity contribution is 6.11. The minimum Gasteiger partial charge on any atom is -0.444 e. The molecular weight excluding hydrogens is 384 g/mol. The van der Waals surface area contributed by atoms with Crippen LogP contribution in [0.5, 0.6) is 0 Å². The van der Waals surface area contributed by atoms with Gasteiger partial charge in [-0.05, 0) is 57.2 Å². The van der Waals surface area contributed by atoms with E-state index in [1.54, 1.807) is 69.3 Å². The normalized spacial score (nSPS) is 15.9. The summed E-state index contributed by atoms with van der Waals surface area (Å²) in [4.78, 5) is 39.6. The number of hydrogen-bond donors (Lipinski definition) is 2. The first-order valence-electron chi connectivity index (χ1n) is 9.39. The van der Waals surface area contributed by atoms with Crippen LogP contribution in [-0.4, -0.2) is 36.1 Å². The molecule has 0 saturated carbocycles. The molecule has 2 N–H and O–H groups in total. The second kappa shape index (κ2) is 8.25. The summed E-state index contributed by atoms with van der Waals surface area (Å²) >= 11 is 0. The van der Waals surface area contributed by atoms with Crippen LogP contribution in [0.3, 0.4) is 0 Å². The molecule has 1 aliphatic rings. The number of anilines is 2. The van der Waals surface area contributed by atoms with Gasteiger partial charge in [0.1, 0.15) is 11.6 Å². The predicted octanol–water partition coefficient (Wildman–Crippen LogP) is 3.05. The first-order chi connectivity index (χ1) is 14.2. The number of carbonyl (C=O) groups is 3. The van der Waals surface area contributed by atoms with Crippen LogP contribution in [0.25, 0.3) is 0 Å². The van der Waals surface area contributed by atoms with Crippen LogP contribution in [0.4, 0.5) is 16.2 Å². The lowest BCUT2D eigenvalue weighted by Crippen LogP contribution is -2.51. The topological polar surface area (TPSA) is 112 Å². The van der Waals surface area contributed by atoms with Crippen LogP contribution in [-0.2, 0) is 9.53 Å². The van der Waals surface area contributed by atoms with Crippen LogP contribution in [0.15, 0.2) is 48.5 Å². The molecule has 8 nitrogen and oxygen atoms in total. The number of amides is 3. The summed E-state index contributed by atoms with van der Waals surface area (Å²) < 4.78 is 5.25. The first-order valence-corrected chi connectivity index (χ1v) is 9.39. The average molecular weight is 406 g/mol. The van der Waals surface area contributed by atoms with Crippen LogP contribution < -0.4 is 15.5 Å². The molecule has 2 aromatic rings. The van der Waals surface area contributed by atoms with Gasteiger partial charge in [0, 0.05) is 5.56 Å². The highest BCUT2D eigenvalue weighted by Crippen LogP contribution is 2.30. The number of nitrogens with zero attached hydrogens (tertiary/aromatic N) is 2. The quantitative estimate of drug-likeness (QED) is 0.796. The molecule has 0 fully saturated rings. The van der Waals surface area contributed by atoms with E-state index < -0.39 is 23.6 Å². The zero-order chi connectivity index (χ0) is 21.9. The summed E-state index contributed by atoms with van der Waals surface area (Å²) in [6, 6.07) is 14.1. The monoisotopic (exact) mass is 406 g/mol. The van der Waals surface area contributed by atoms with Crippen LogP contribution in [0, 0.1) is 11.3 Å². The van der Waals surface area contributed by atoms with Crippen LogP contribution >= 0.6 is 0 Å². The van der Waals surface area contributed by atoms with Crippen molar-refractivity contribution in [3.63, 3.8) is 0 Å². The van der Waals surface area contributed by atoms with Gasteiger partial charge < -0.3 is 20.3 Å². The van der Waals surface area contributed by atoms with Crippen molar-refractivity contribution in [1.82, 2.24) is 5.32 Å². The average Bonchev–Trinajstić information content (AvgIpc) is 2.82. The zero-order valence-electron chi connectivity index (χ0n) is 16.9. The van der Waals surface area contributed by atoms with Gasteiger partial charge in [-0.1, -0.05) is 12.1 Å². The van der Waals surface area contributed by atoms with Gasteiger partial charge in [-0.3, -0.25) is 9.59 Å². The van der Waals surface area contributed by atoms with E-state index in [1.165, 1.54) is 4.90 Å². The minimum atomic E-state index is -1.02. The molecule has 0 aliphatic carbocycles. The van der Waals surface area contributed by atoms with Crippen molar-refractivity contribution in [3.8, 4) is 6.07 Å². The van der Waals surface area contributed by atoms with Crippen LogP contribution in [0.2, 0.25) is 0 Å². The Hall–Kier alpha value is -3.86. The molecule has 0 radical (unpaired) electrons. The summed E-state index contributed by atoms with van der Waals surface area (Å²) in [5.41, 5.74) is 1.02. The van der Waals surface area contributed by atoms with E-state index in [1.807, 2.05) is 6.07 Å². The lowest BCUT2D eigenvalue weighted by atomic mass is 10.1. The Morgan fingerprint density at radius 3 is 2.47 bits per heavy atom. The second-order valence-corrected chi connectivity index (χ2v) is 7.81. The van der Waals surface area contributed by atoms with Gasteiger partial charge in [0.25, 0.3) is 5.91 Å². The van der Waals surface area contributed by atoms with Gasteiger partial charge in [-0.25, -0.2) is 4.79 Å². The Balaban J connectivity index is 1.92. The van der Waals surface area contributed by atoms with Crippen molar-refractivity contribution in [2.45, 2.75) is 32.4 Å². The fourth-order valence-corrected chi connectivity index (χ4v) is 2.99. The Bertz CT molecular complexity index is 1020. The van der Waals surface area contributed by atoms with Crippen molar-refractivity contribution in [3.05, 3.63) is 59.7 Å². The number of rotatable bonds is 2. The smallest absolute Gasteiger partial charge is 0.408 e. The van der Waals surface area contributed by atoms with E-state index in [-0.39, 0.29) is 12.5 Å². The lowest BCUT2D eigenvalue weighted by molar-refractivity contribution is -0.117. The zero-order valence-corrected chi connectivity index (χ0v) is 16.9. The van der Waals surface area contributed by atoms with Gasteiger partial charge in [-0.2, -0.15) is 5.26 Å². The molecule has 154 valence electrons. The molecule has 30 heavy (non-hydrogen) atoms. The molecular formula is C22H22N4O4. The Morgan fingerprint density at radius 1 is 1.17 bits per heavy atom. The third-order valence-electron chi connectivity index (χ3n) is 4.33. The van der Waals surface area contributed by atoms with E-state index >= 15 is 0 Å². The third kappa shape index (κ3) is 4.75. The third-order valence-corrected chi connectivity index (χ3v) is 4.33. The van der Waals surface area contributed by atoms with Crippen molar-refractivity contribution >= 4 is 29.3 Å². The van der Waals surface area contributed by atoms with Crippen molar-refractivity contribution in [1.29, 1.82) is 5.26 Å². The SMILES string of the molecule is CC(C)(C)OC(=O)N[C@H]1CN(C(=O)c2ccc(C#N)cc2)c2ccccc2NC1=O. The Kier molecular flexibility index (Phi) is 5.74. The molecule has 0 unspecified atom stereocenters. The van der Waals surface area contributed by atoms with E-state index in [4.69, 9.17) is 10.00 Å². The molecule has 1 heterocycles. The molecule has 3 rings (SSSR count). The second-order valence-electron chi connectivity index (χ2n) is 7.81. The number of nitriles is 1. The van der Waals surface area contributed by atoms with Crippen LogP contribution in [0.1, 0.15) is 36.7 Å². The summed E-state index contributed by atoms with van der Waals surface area (Å²) in [5.74, 6) is -0.817. The number of nitrogens with one attached hydrogen (secondary N) is 2. The number of hydrogen-bond acceptors (Lipinski definition) is 5. The molecule has 0 bridgehead atoms. The standard InChI is InChI=1S/C22H22N4O4/c1-22(2,3)30-21(29)25-17-13-26(18-7-5-4-6-16(18)24-19(17)27)20(28)15-10-8-14(12-23)9-11-15/h4-11,17H,13H2,1-3H3,(H,24,27)(H,25,29)/t17-/m0/s1. The lowest BCUT2D eigenvalue weighted by Gasteiger charge is -2.26. The molecule has 8 heteroatoms. The minimum absolute atomic E-state index is 0.0824. The van der Waals surface area contributed by atoms with E-state index in [0.717, 1.165) is 0 Å². The number of carbonyl (C=O) groups excluding carboxylic acids is 3. The van der Waals surface area contributed by atoms with Crippen molar-refractivity contribution in [2.75, 3.05) is 16.8 Å². The Labute approximate surface area is 174 Å². The number of fused-ring (bicyclic) bond motifs is 1. The maximum absolute atomic E-state index is 13.2. The van der Waals surface area contributed by atoms with Crippen molar-refractivity contribution < 1.29 is 19.1 Å². The number of alkyl carbamates (subject to hydrolysis) is 1. The number of benzene rings is 2. The Morgan fingerprint density at radius 2 is 1.83 bits per heavy atom. The highest BCUT2D eigenvalue weighted by atomic mass is 16.6. The molecule has 0 spiro atoms. The number of para-hydroxylation sites is 2. The van der Waals surface area contributed by atoms with Gasteiger partial charge in [0.15, 0.2) is 0 Å². The maximum Gasteiger partial charge on any atom is 0.408 e. The number of ether oxygens (including phenoxy) is 1. The molecule has 2 aromatic carbocycles. The maximum atomic E-state index is 13.2. The first kappa shape index (κ1) is 20.9. The summed E-state index contributed by atoms with van der Waals surface area (Å²) in [6.07, 6.45) is -0.751. The summed E-state index contributed by atoms with van der Waals surface area (Å²) in [6.45, 7) is 5.07. The molecule has 1 aliphatic heterocycles. The molecule has 0 saturated heterocycles. The molecule has 3 amide bonds. The predicted molar refractivity (Wildman–Crippen MR) is 111 cm³/mol. The summed E-state index contributed by atoms with van der Waals surface area (Å²) in [5, 5.41) is 14.3. The van der Waals surface area contributed by atoms with Gasteiger partial charge in [0.2, 0.25) is 5.91 Å². The fraction of sp³-hybridized carbons (Fsp3) is 0.273. The van der Waals surface area contributed by atoms with E-state index in [9.17, 15) is 14.4 Å². The largest absolute Gasteiger partial charge is 0.444 e. The van der Waals surface area contributed by atoms with E-state index in [0.29, 0.717) is 22.5 Å². The molecule has 0 aromatic heterocycles. The van der Waals surface area contributed by atoms with Gasteiger partial charge in [0.05, 0.1) is 29.6 Å².